The van der Waals surface area contributed by atoms with E-state index in [0.29, 0.717) is 8.81 Å². The van der Waals surface area contributed by atoms with E-state index < -0.39 is 5.97 Å². The first kappa shape index (κ1) is 9.83. The predicted octanol–water partition coefficient (Wildman–Crippen LogP) is 2.87. The van der Waals surface area contributed by atoms with Crippen LogP contribution in [0.2, 0.25) is 4.34 Å². The SMILES string of the molecule is COc1c(C(=O)O)sc(Cl)c1Br. The highest BCUT2D eigenvalue weighted by Gasteiger charge is 2.20. The second-order valence-electron chi connectivity index (χ2n) is 1.86. The summed E-state index contributed by atoms with van der Waals surface area (Å²) in [5.41, 5.74) is 0. The van der Waals surface area contributed by atoms with Gasteiger partial charge in [0.1, 0.15) is 4.34 Å². The molecule has 0 fully saturated rings. The van der Waals surface area contributed by atoms with E-state index in [1.807, 2.05) is 0 Å². The van der Waals surface area contributed by atoms with E-state index in [1.165, 1.54) is 7.11 Å². The lowest BCUT2D eigenvalue weighted by Crippen LogP contribution is -1.95. The van der Waals surface area contributed by atoms with Gasteiger partial charge >= 0.3 is 5.97 Å². The Morgan fingerprint density at radius 3 is 2.67 bits per heavy atom. The second kappa shape index (κ2) is 3.64. The number of aromatic carboxylic acids is 1. The zero-order chi connectivity index (χ0) is 9.30. The zero-order valence-corrected chi connectivity index (χ0v) is 9.09. The second-order valence-corrected chi connectivity index (χ2v) is 4.27. The number of thiophene rings is 1. The van der Waals surface area contributed by atoms with Gasteiger partial charge < -0.3 is 9.84 Å². The monoisotopic (exact) mass is 270 g/mol. The lowest BCUT2D eigenvalue weighted by atomic mass is 10.4. The highest BCUT2D eigenvalue weighted by molar-refractivity contribution is 9.10. The Morgan fingerprint density at radius 1 is 1.75 bits per heavy atom. The van der Waals surface area contributed by atoms with Gasteiger partial charge in [-0.05, 0) is 15.9 Å². The molecule has 1 aromatic rings. The zero-order valence-electron chi connectivity index (χ0n) is 5.93. The minimum atomic E-state index is -1.04. The Morgan fingerprint density at radius 2 is 2.33 bits per heavy atom. The fourth-order valence-corrected chi connectivity index (χ4v) is 2.47. The van der Waals surface area contributed by atoms with Gasteiger partial charge in [-0.1, -0.05) is 11.6 Å². The van der Waals surface area contributed by atoms with Crippen LogP contribution in [0.15, 0.2) is 4.47 Å². The van der Waals surface area contributed by atoms with Gasteiger partial charge in [0.05, 0.1) is 11.6 Å². The van der Waals surface area contributed by atoms with Gasteiger partial charge in [-0.15, -0.1) is 11.3 Å². The first-order chi connectivity index (χ1) is 5.57. The third-order valence-corrected chi connectivity index (χ3v) is 3.78. The van der Waals surface area contributed by atoms with E-state index in [1.54, 1.807) is 0 Å². The van der Waals surface area contributed by atoms with Crippen molar-refractivity contribution in [2.75, 3.05) is 7.11 Å². The molecule has 1 heterocycles. The largest absolute Gasteiger partial charge is 0.494 e. The number of methoxy groups -OCH3 is 1. The summed E-state index contributed by atoms with van der Waals surface area (Å²) in [7, 11) is 1.40. The summed E-state index contributed by atoms with van der Waals surface area (Å²) in [6.45, 7) is 0. The van der Waals surface area contributed by atoms with Crippen LogP contribution in [0.1, 0.15) is 9.67 Å². The van der Waals surface area contributed by atoms with Crippen LogP contribution in [0.4, 0.5) is 0 Å². The van der Waals surface area contributed by atoms with Crippen molar-refractivity contribution in [1.82, 2.24) is 0 Å². The molecule has 0 radical (unpaired) electrons. The average molecular weight is 272 g/mol. The van der Waals surface area contributed by atoms with Gasteiger partial charge in [-0.25, -0.2) is 4.79 Å². The average Bonchev–Trinajstić information content (AvgIpc) is 2.29. The predicted molar refractivity (Wildman–Crippen MR) is 50.5 cm³/mol. The third-order valence-electron chi connectivity index (χ3n) is 1.17. The van der Waals surface area contributed by atoms with Crippen molar-refractivity contribution in [3.8, 4) is 5.75 Å². The molecular formula is C6H4BrClO3S. The van der Waals surface area contributed by atoms with Gasteiger partial charge in [-0.2, -0.15) is 0 Å². The summed E-state index contributed by atoms with van der Waals surface area (Å²) < 4.78 is 5.73. The van der Waals surface area contributed by atoms with Crippen LogP contribution >= 0.6 is 38.9 Å². The van der Waals surface area contributed by atoms with Crippen LogP contribution in [0.25, 0.3) is 0 Å². The molecule has 0 saturated carbocycles. The van der Waals surface area contributed by atoms with E-state index in [9.17, 15) is 4.79 Å². The summed E-state index contributed by atoms with van der Waals surface area (Å²) in [5, 5.41) is 8.69. The molecule has 0 aliphatic rings. The minimum absolute atomic E-state index is 0.106. The van der Waals surface area contributed by atoms with Gasteiger partial charge in [-0.3, -0.25) is 0 Å². The Labute approximate surface area is 86.0 Å². The number of rotatable bonds is 2. The summed E-state index contributed by atoms with van der Waals surface area (Å²) in [5.74, 6) is -0.762. The topological polar surface area (TPSA) is 46.5 Å². The molecule has 1 N–H and O–H groups in total. The molecule has 0 aliphatic carbocycles. The molecule has 12 heavy (non-hydrogen) atoms. The molecule has 66 valence electrons. The normalized spacial score (nSPS) is 9.92. The summed E-state index contributed by atoms with van der Waals surface area (Å²) in [4.78, 5) is 10.7. The molecule has 1 rings (SSSR count). The number of carbonyl (C=O) groups is 1. The smallest absolute Gasteiger partial charge is 0.349 e. The van der Waals surface area contributed by atoms with E-state index in [0.717, 1.165) is 11.3 Å². The Balaban J connectivity index is 3.29. The number of hydrogen-bond acceptors (Lipinski definition) is 3. The van der Waals surface area contributed by atoms with Crippen molar-refractivity contribution in [3.63, 3.8) is 0 Å². The highest BCUT2D eigenvalue weighted by atomic mass is 79.9. The summed E-state index contributed by atoms with van der Waals surface area (Å²) in [6, 6.07) is 0. The molecule has 0 amide bonds. The molecule has 0 unspecified atom stereocenters. The molecule has 0 aliphatic heterocycles. The van der Waals surface area contributed by atoms with Crippen molar-refractivity contribution in [1.29, 1.82) is 0 Å². The Bertz CT molecular complexity index is 323. The number of ether oxygens (including phenoxy) is 1. The van der Waals surface area contributed by atoms with Crippen LogP contribution in [0.3, 0.4) is 0 Å². The molecule has 6 heteroatoms. The first-order valence-electron chi connectivity index (χ1n) is 2.83. The number of carboxylic acids is 1. The lowest BCUT2D eigenvalue weighted by molar-refractivity contribution is 0.0699. The maximum atomic E-state index is 10.6. The van der Waals surface area contributed by atoms with Gasteiger partial charge in [0.25, 0.3) is 0 Å². The molecule has 0 bridgehead atoms. The van der Waals surface area contributed by atoms with Crippen molar-refractivity contribution < 1.29 is 14.6 Å². The molecule has 0 spiro atoms. The van der Waals surface area contributed by atoms with Crippen LogP contribution in [0, 0.1) is 0 Å². The quantitative estimate of drug-likeness (QED) is 0.899. The number of hydrogen-bond donors (Lipinski definition) is 1. The van der Waals surface area contributed by atoms with Gasteiger partial charge in [0.2, 0.25) is 0 Å². The number of carboxylic acid groups (broad SMARTS) is 1. The van der Waals surface area contributed by atoms with Crippen LogP contribution in [-0.2, 0) is 0 Å². The molecule has 1 aromatic heterocycles. The van der Waals surface area contributed by atoms with Crippen molar-refractivity contribution in [3.05, 3.63) is 13.7 Å². The maximum absolute atomic E-state index is 10.6. The minimum Gasteiger partial charge on any atom is -0.494 e. The summed E-state index contributed by atoms with van der Waals surface area (Å²) in [6.07, 6.45) is 0. The van der Waals surface area contributed by atoms with Gasteiger partial charge in [0.15, 0.2) is 10.6 Å². The van der Waals surface area contributed by atoms with Crippen molar-refractivity contribution >= 4 is 44.8 Å². The van der Waals surface area contributed by atoms with Crippen molar-refractivity contribution in [2.24, 2.45) is 0 Å². The third kappa shape index (κ3) is 1.57. The Hall–Kier alpha value is -0.260. The van der Waals surface area contributed by atoms with E-state index in [-0.39, 0.29) is 10.6 Å². The molecule has 3 nitrogen and oxygen atoms in total. The molecule has 0 saturated heterocycles. The highest BCUT2D eigenvalue weighted by Crippen LogP contribution is 2.42. The van der Waals surface area contributed by atoms with Crippen LogP contribution in [-0.4, -0.2) is 18.2 Å². The van der Waals surface area contributed by atoms with Crippen LogP contribution in [0.5, 0.6) is 5.75 Å². The van der Waals surface area contributed by atoms with E-state index >= 15 is 0 Å². The molecule has 0 aromatic carbocycles. The first-order valence-corrected chi connectivity index (χ1v) is 4.81. The molecule has 0 atom stereocenters. The Kier molecular flexibility index (Phi) is 2.98. The van der Waals surface area contributed by atoms with E-state index in [4.69, 9.17) is 21.4 Å². The van der Waals surface area contributed by atoms with Crippen LogP contribution < -0.4 is 4.74 Å². The lowest BCUT2D eigenvalue weighted by Gasteiger charge is -1.97. The summed E-state index contributed by atoms with van der Waals surface area (Å²) >= 11 is 9.77. The maximum Gasteiger partial charge on any atom is 0.349 e. The van der Waals surface area contributed by atoms with Crippen molar-refractivity contribution in [2.45, 2.75) is 0 Å². The van der Waals surface area contributed by atoms with E-state index in [2.05, 4.69) is 15.9 Å². The van der Waals surface area contributed by atoms with Gasteiger partial charge in [0, 0.05) is 0 Å². The standard InChI is InChI=1S/C6H4BrClO3S/c1-11-3-2(7)5(8)12-4(3)6(9)10/h1H3,(H,9,10). The fraction of sp³-hybridized carbons (Fsp3) is 0.167. The fourth-order valence-electron chi connectivity index (χ4n) is 0.693. The molecular weight excluding hydrogens is 267 g/mol. The number of halogens is 2.